The number of methoxy groups -OCH3 is 1. The lowest BCUT2D eigenvalue weighted by molar-refractivity contribution is 0.0994. The lowest BCUT2D eigenvalue weighted by atomic mass is 10.1. The zero-order valence-corrected chi connectivity index (χ0v) is 14.3. The van der Waals surface area contributed by atoms with Gasteiger partial charge in [-0.05, 0) is 20.8 Å². The van der Waals surface area contributed by atoms with Gasteiger partial charge in [0.1, 0.15) is 0 Å². The van der Waals surface area contributed by atoms with Crippen LogP contribution in [0.25, 0.3) is 0 Å². The maximum absolute atomic E-state index is 12.5. The first-order valence-electron chi connectivity index (χ1n) is 7.33. The summed E-state index contributed by atoms with van der Waals surface area (Å²) in [5, 5.41) is 0.703. The molecule has 1 heterocycles. The summed E-state index contributed by atoms with van der Waals surface area (Å²) in [6.07, 6.45) is 0. The van der Waals surface area contributed by atoms with Crippen LogP contribution in [-0.2, 0) is 11.3 Å². The van der Waals surface area contributed by atoms with Crippen LogP contribution in [0.5, 0.6) is 0 Å². The largest absolute Gasteiger partial charge is 0.383 e. The second kappa shape index (κ2) is 7.61. The van der Waals surface area contributed by atoms with E-state index in [9.17, 15) is 4.79 Å². The number of thioether (sulfide) groups is 1. The average molecular weight is 318 g/mol. The molecular weight excluding hydrogens is 296 g/mol. The minimum atomic E-state index is -0.176. The topological polar surface area (TPSA) is 44.1 Å². The van der Waals surface area contributed by atoms with Gasteiger partial charge in [0.2, 0.25) is 0 Å². The number of carbonyl (C=O) groups excluding carboxylic acids is 1. The number of ether oxygens (including phenoxy) is 1. The molecule has 2 rings (SSSR count). The van der Waals surface area contributed by atoms with Crippen molar-refractivity contribution in [3.05, 3.63) is 47.3 Å². The molecule has 1 aromatic heterocycles. The van der Waals surface area contributed by atoms with Crippen molar-refractivity contribution >= 4 is 17.5 Å². The Balaban J connectivity index is 2.16. The zero-order chi connectivity index (χ0) is 16.1. The number of nitrogens with zero attached hydrogens (tertiary/aromatic N) is 2. The summed E-state index contributed by atoms with van der Waals surface area (Å²) < 4.78 is 7.29. The molecule has 0 N–H and O–H groups in total. The monoisotopic (exact) mass is 318 g/mol. The minimum absolute atomic E-state index is 0.127. The Hall–Kier alpha value is -1.59. The molecule has 0 saturated heterocycles. The van der Waals surface area contributed by atoms with E-state index in [0.717, 1.165) is 28.7 Å². The molecule has 0 aliphatic carbocycles. The molecule has 0 bridgehead atoms. The number of Topliss-reactive ketones (excluding diaryl/α,β-unsaturated/α-hetero) is 1. The number of carbonyl (C=O) groups is 1. The minimum Gasteiger partial charge on any atom is -0.383 e. The molecule has 2 aromatic rings. The molecule has 22 heavy (non-hydrogen) atoms. The number of ketones is 1. The maximum Gasteiger partial charge on any atom is 0.175 e. The summed E-state index contributed by atoms with van der Waals surface area (Å²) in [4.78, 5) is 17.1. The lowest BCUT2D eigenvalue weighted by Gasteiger charge is -2.13. The molecule has 0 saturated carbocycles. The average Bonchev–Trinajstić information content (AvgIpc) is 2.79. The number of aromatic nitrogens is 2. The number of benzene rings is 1. The van der Waals surface area contributed by atoms with Crippen LogP contribution in [0, 0.1) is 13.8 Å². The molecule has 0 spiro atoms. The fourth-order valence-electron chi connectivity index (χ4n) is 2.21. The number of aryl methyl sites for hydroxylation is 1. The van der Waals surface area contributed by atoms with E-state index in [0.29, 0.717) is 6.61 Å². The summed E-state index contributed by atoms with van der Waals surface area (Å²) in [6, 6.07) is 9.40. The lowest BCUT2D eigenvalue weighted by Crippen LogP contribution is -2.15. The predicted molar refractivity (Wildman–Crippen MR) is 89.7 cm³/mol. The van der Waals surface area contributed by atoms with Crippen LogP contribution in [0.4, 0.5) is 0 Å². The van der Waals surface area contributed by atoms with Crippen molar-refractivity contribution in [1.82, 2.24) is 9.55 Å². The summed E-state index contributed by atoms with van der Waals surface area (Å²) in [5.74, 6) is 0.127. The third-order valence-corrected chi connectivity index (χ3v) is 4.74. The van der Waals surface area contributed by atoms with Crippen molar-refractivity contribution < 1.29 is 9.53 Å². The van der Waals surface area contributed by atoms with Gasteiger partial charge in [-0.25, -0.2) is 4.98 Å². The van der Waals surface area contributed by atoms with Gasteiger partial charge >= 0.3 is 0 Å². The Morgan fingerprint density at radius 3 is 2.64 bits per heavy atom. The van der Waals surface area contributed by atoms with Gasteiger partial charge in [-0.15, -0.1) is 0 Å². The normalized spacial score (nSPS) is 12.4. The van der Waals surface area contributed by atoms with E-state index in [1.54, 1.807) is 7.11 Å². The molecule has 0 aliphatic rings. The molecule has 1 atom stereocenters. The second-order valence-electron chi connectivity index (χ2n) is 5.20. The van der Waals surface area contributed by atoms with Crippen molar-refractivity contribution in [3.63, 3.8) is 0 Å². The second-order valence-corrected chi connectivity index (χ2v) is 6.51. The maximum atomic E-state index is 12.5. The van der Waals surface area contributed by atoms with Crippen LogP contribution in [0.2, 0.25) is 0 Å². The Bertz CT molecular complexity index is 638. The van der Waals surface area contributed by atoms with Crippen molar-refractivity contribution in [1.29, 1.82) is 0 Å². The van der Waals surface area contributed by atoms with Gasteiger partial charge in [0.15, 0.2) is 10.9 Å². The molecule has 4 nitrogen and oxygen atoms in total. The van der Waals surface area contributed by atoms with Crippen LogP contribution in [-0.4, -0.2) is 34.3 Å². The molecule has 0 aliphatic heterocycles. The summed E-state index contributed by atoms with van der Waals surface area (Å²) >= 11 is 1.51. The molecular formula is C17H22N2O2S. The third-order valence-electron chi connectivity index (χ3n) is 3.65. The predicted octanol–water partition coefficient (Wildman–Crippen LogP) is 3.51. The summed E-state index contributed by atoms with van der Waals surface area (Å²) in [6.45, 7) is 7.35. The molecule has 0 radical (unpaired) electrons. The number of rotatable bonds is 7. The highest BCUT2D eigenvalue weighted by Crippen LogP contribution is 2.27. The molecule has 0 fully saturated rings. The fourth-order valence-corrected chi connectivity index (χ4v) is 3.31. The Morgan fingerprint density at radius 2 is 2.00 bits per heavy atom. The highest BCUT2D eigenvalue weighted by Gasteiger charge is 2.20. The first-order valence-corrected chi connectivity index (χ1v) is 8.21. The summed E-state index contributed by atoms with van der Waals surface area (Å²) in [5.41, 5.74) is 2.86. The number of hydrogen-bond acceptors (Lipinski definition) is 4. The highest BCUT2D eigenvalue weighted by atomic mass is 32.2. The van der Waals surface area contributed by atoms with Crippen molar-refractivity contribution in [2.75, 3.05) is 13.7 Å². The number of hydrogen-bond donors (Lipinski definition) is 0. The molecule has 1 aromatic carbocycles. The Labute approximate surface area is 135 Å². The SMILES string of the molecule is COCCn1c(SC(C)C(=O)c2ccccc2)nc(C)c1C. The van der Waals surface area contributed by atoms with Crippen LogP contribution < -0.4 is 0 Å². The van der Waals surface area contributed by atoms with Crippen LogP contribution >= 0.6 is 11.8 Å². The zero-order valence-electron chi connectivity index (χ0n) is 13.5. The van der Waals surface area contributed by atoms with Crippen molar-refractivity contribution in [2.45, 2.75) is 37.7 Å². The van der Waals surface area contributed by atoms with Gasteiger partial charge in [0.05, 0.1) is 17.6 Å². The van der Waals surface area contributed by atoms with Gasteiger partial charge in [0, 0.05) is 24.9 Å². The van der Waals surface area contributed by atoms with Crippen LogP contribution in [0.15, 0.2) is 35.5 Å². The Morgan fingerprint density at radius 1 is 1.32 bits per heavy atom. The smallest absolute Gasteiger partial charge is 0.175 e. The van der Waals surface area contributed by atoms with Crippen LogP contribution in [0.1, 0.15) is 28.7 Å². The quantitative estimate of drug-likeness (QED) is 0.579. The van der Waals surface area contributed by atoms with Gasteiger partial charge in [-0.2, -0.15) is 0 Å². The standard InChI is InChI=1S/C17H22N2O2S/c1-12-13(2)19(10-11-21-4)17(18-12)22-14(3)16(20)15-8-6-5-7-9-15/h5-9,14H,10-11H2,1-4H3. The van der Waals surface area contributed by atoms with E-state index in [1.807, 2.05) is 51.1 Å². The van der Waals surface area contributed by atoms with Crippen molar-refractivity contribution in [2.24, 2.45) is 0 Å². The van der Waals surface area contributed by atoms with Gasteiger partial charge in [-0.3, -0.25) is 4.79 Å². The van der Waals surface area contributed by atoms with Crippen molar-refractivity contribution in [3.8, 4) is 0 Å². The van der Waals surface area contributed by atoms with Gasteiger partial charge in [-0.1, -0.05) is 42.1 Å². The van der Waals surface area contributed by atoms with E-state index in [1.165, 1.54) is 11.8 Å². The number of imidazole rings is 1. The van der Waals surface area contributed by atoms with Gasteiger partial charge < -0.3 is 9.30 Å². The van der Waals surface area contributed by atoms with Gasteiger partial charge in [0.25, 0.3) is 0 Å². The van der Waals surface area contributed by atoms with E-state index in [4.69, 9.17) is 4.74 Å². The highest BCUT2D eigenvalue weighted by molar-refractivity contribution is 8.00. The van der Waals surface area contributed by atoms with Crippen LogP contribution in [0.3, 0.4) is 0 Å². The fraction of sp³-hybridized carbons (Fsp3) is 0.412. The molecule has 5 heteroatoms. The molecule has 118 valence electrons. The van der Waals surface area contributed by atoms with E-state index in [2.05, 4.69) is 9.55 Å². The summed E-state index contributed by atoms with van der Waals surface area (Å²) in [7, 11) is 1.69. The van der Waals surface area contributed by atoms with E-state index >= 15 is 0 Å². The molecule has 0 amide bonds. The first kappa shape index (κ1) is 16.8. The third kappa shape index (κ3) is 3.78. The van der Waals surface area contributed by atoms with E-state index < -0.39 is 0 Å². The van der Waals surface area contributed by atoms with E-state index in [-0.39, 0.29) is 11.0 Å². The molecule has 1 unspecified atom stereocenters. The Kier molecular flexibility index (Phi) is 5.80. The first-order chi connectivity index (χ1) is 10.5.